The van der Waals surface area contributed by atoms with Gasteiger partial charge in [-0.3, -0.25) is 9.69 Å². The molecule has 1 heterocycles. The summed E-state index contributed by atoms with van der Waals surface area (Å²) in [6.07, 6.45) is 4.24. The van der Waals surface area contributed by atoms with Crippen LogP contribution < -0.4 is 14.4 Å². The van der Waals surface area contributed by atoms with Crippen LogP contribution in [-0.4, -0.2) is 16.8 Å². The number of hydrogen-bond acceptors (Lipinski definition) is 5. The maximum atomic E-state index is 13.2. The van der Waals surface area contributed by atoms with E-state index in [1.807, 2.05) is 55.5 Å². The van der Waals surface area contributed by atoms with Crippen LogP contribution in [-0.2, 0) is 17.8 Å². The molecule has 1 aliphatic rings. The molecule has 0 saturated carbocycles. The highest BCUT2D eigenvalue weighted by atomic mass is 79.9. The molecule has 0 aliphatic carbocycles. The van der Waals surface area contributed by atoms with Crippen molar-refractivity contribution in [3.8, 4) is 11.5 Å². The molecule has 0 unspecified atom stereocenters. The molecule has 4 rings (SSSR count). The van der Waals surface area contributed by atoms with Gasteiger partial charge in [-0.1, -0.05) is 69.7 Å². The zero-order valence-corrected chi connectivity index (χ0v) is 23.5. The summed E-state index contributed by atoms with van der Waals surface area (Å²) in [5.74, 6) is 1.12. The summed E-state index contributed by atoms with van der Waals surface area (Å²) in [4.78, 5) is 15.3. The van der Waals surface area contributed by atoms with E-state index in [4.69, 9.17) is 33.3 Å². The Bertz CT molecular complexity index is 1320. The van der Waals surface area contributed by atoms with Crippen LogP contribution in [0.1, 0.15) is 23.6 Å². The molecule has 3 aromatic carbocycles. The molecule has 0 aromatic heterocycles. The third kappa shape index (κ3) is 6.21. The van der Waals surface area contributed by atoms with E-state index in [-0.39, 0.29) is 5.91 Å². The predicted octanol–water partition coefficient (Wildman–Crippen LogP) is 8.21. The Morgan fingerprint density at radius 3 is 2.50 bits per heavy atom. The van der Waals surface area contributed by atoms with Crippen molar-refractivity contribution < 1.29 is 14.3 Å². The fourth-order valence-electron chi connectivity index (χ4n) is 3.67. The van der Waals surface area contributed by atoms with E-state index in [9.17, 15) is 4.79 Å². The van der Waals surface area contributed by atoms with Crippen molar-refractivity contribution in [1.82, 2.24) is 0 Å². The molecule has 0 radical (unpaired) electrons. The van der Waals surface area contributed by atoms with Crippen LogP contribution in [0, 0.1) is 0 Å². The number of thioether (sulfide) groups is 1. The fraction of sp³-hybridized carbons (Fsp3) is 0.143. The molecule has 0 spiro atoms. The zero-order chi connectivity index (χ0) is 25.7. The van der Waals surface area contributed by atoms with E-state index in [2.05, 4.69) is 22.5 Å². The molecule has 0 atom stereocenters. The molecule has 36 heavy (non-hydrogen) atoms. The Labute approximate surface area is 234 Å². The summed E-state index contributed by atoms with van der Waals surface area (Å²) in [5, 5.41) is 0.598. The number of nitrogens with zero attached hydrogens (tertiary/aromatic N) is 1. The van der Waals surface area contributed by atoms with Crippen LogP contribution in [0.3, 0.4) is 0 Å². The minimum Gasteiger partial charge on any atom is -0.490 e. The SMILES string of the molecule is C=CCc1cc(/C=C2/SC(=S)N(c3ccc(Cl)cc3)C2=O)cc(OCC)c1OCc1ccc(Br)cc1. The van der Waals surface area contributed by atoms with Crippen LogP contribution in [0.15, 0.2) is 82.7 Å². The van der Waals surface area contributed by atoms with Crippen LogP contribution in [0.25, 0.3) is 6.08 Å². The van der Waals surface area contributed by atoms with E-state index in [1.54, 1.807) is 24.3 Å². The second-order valence-electron chi connectivity index (χ2n) is 7.84. The second-order valence-corrected chi connectivity index (χ2v) is 10.9. The third-order valence-electron chi connectivity index (χ3n) is 5.29. The van der Waals surface area contributed by atoms with Gasteiger partial charge in [-0.25, -0.2) is 0 Å². The van der Waals surface area contributed by atoms with Crippen molar-refractivity contribution in [2.45, 2.75) is 20.0 Å². The first kappa shape index (κ1) is 26.5. The summed E-state index contributed by atoms with van der Waals surface area (Å²) < 4.78 is 13.7. The maximum absolute atomic E-state index is 13.2. The number of ether oxygens (including phenoxy) is 2. The van der Waals surface area contributed by atoms with E-state index >= 15 is 0 Å². The molecule has 1 amide bonds. The molecule has 4 nitrogen and oxygen atoms in total. The van der Waals surface area contributed by atoms with E-state index in [0.29, 0.717) is 51.1 Å². The van der Waals surface area contributed by atoms with E-state index < -0.39 is 0 Å². The largest absolute Gasteiger partial charge is 0.490 e. The van der Waals surface area contributed by atoms with Gasteiger partial charge in [0.05, 0.1) is 17.2 Å². The lowest BCUT2D eigenvalue weighted by Crippen LogP contribution is -2.27. The number of carbonyl (C=O) groups excluding carboxylic acids is 1. The minimum atomic E-state index is -0.175. The van der Waals surface area contributed by atoms with Crippen molar-refractivity contribution in [2.75, 3.05) is 11.5 Å². The topological polar surface area (TPSA) is 38.8 Å². The van der Waals surface area contributed by atoms with Crippen molar-refractivity contribution in [3.05, 3.63) is 104 Å². The average Bonchev–Trinajstić information content (AvgIpc) is 3.13. The molecule has 1 saturated heterocycles. The smallest absolute Gasteiger partial charge is 0.270 e. The fourth-order valence-corrected chi connectivity index (χ4v) is 5.36. The van der Waals surface area contributed by atoms with E-state index in [0.717, 1.165) is 21.2 Å². The molecule has 0 bridgehead atoms. The summed E-state index contributed by atoms with van der Waals surface area (Å²) in [7, 11) is 0. The van der Waals surface area contributed by atoms with Gasteiger partial charge in [-0.15, -0.1) is 6.58 Å². The third-order valence-corrected chi connectivity index (χ3v) is 7.37. The van der Waals surface area contributed by atoms with Gasteiger partial charge in [0.1, 0.15) is 6.61 Å². The number of thiocarbonyl (C=S) groups is 1. The quantitative estimate of drug-likeness (QED) is 0.141. The molecule has 0 N–H and O–H groups in total. The zero-order valence-electron chi connectivity index (χ0n) is 19.5. The average molecular weight is 601 g/mol. The number of halogens is 2. The van der Waals surface area contributed by atoms with Gasteiger partial charge in [0, 0.05) is 15.1 Å². The molecule has 8 heteroatoms. The summed E-state index contributed by atoms with van der Waals surface area (Å²) >= 11 is 16.2. The first-order chi connectivity index (χ1) is 17.4. The first-order valence-corrected chi connectivity index (χ1v) is 13.6. The first-order valence-electron chi connectivity index (χ1n) is 11.2. The number of allylic oxidation sites excluding steroid dienone is 1. The van der Waals surface area contributed by atoms with E-state index in [1.165, 1.54) is 16.7 Å². The van der Waals surface area contributed by atoms with Crippen LogP contribution in [0.5, 0.6) is 11.5 Å². The highest BCUT2D eigenvalue weighted by Gasteiger charge is 2.33. The van der Waals surface area contributed by atoms with Gasteiger partial charge in [-0.2, -0.15) is 0 Å². The Kier molecular flexibility index (Phi) is 8.90. The summed E-state index contributed by atoms with van der Waals surface area (Å²) in [6.45, 7) is 6.70. The lowest BCUT2D eigenvalue weighted by molar-refractivity contribution is -0.113. The van der Waals surface area contributed by atoms with Gasteiger partial charge in [0.25, 0.3) is 5.91 Å². The molecule has 184 valence electrons. The number of benzene rings is 3. The maximum Gasteiger partial charge on any atom is 0.270 e. The summed E-state index contributed by atoms with van der Waals surface area (Å²) in [6, 6.07) is 18.9. The van der Waals surface area contributed by atoms with Gasteiger partial charge in [0.15, 0.2) is 15.8 Å². The Hall–Kier alpha value is -2.58. The Morgan fingerprint density at radius 1 is 1.11 bits per heavy atom. The monoisotopic (exact) mass is 599 g/mol. The van der Waals surface area contributed by atoms with Gasteiger partial charge in [-0.05, 0) is 79.1 Å². The van der Waals surface area contributed by atoms with Gasteiger partial charge in [0.2, 0.25) is 0 Å². The molecule has 1 aliphatic heterocycles. The molecule has 1 fully saturated rings. The van der Waals surface area contributed by atoms with Crippen molar-refractivity contribution >= 4 is 73.5 Å². The highest BCUT2D eigenvalue weighted by Crippen LogP contribution is 2.39. The standard InChI is InChI=1S/C28H23BrClNO3S2/c1-3-5-20-14-19(15-24(33-4-2)26(20)34-17-18-6-8-21(29)9-7-18)16-25-27(32)31(28(35)36-25)23-12-10-22(30)11-13-23/h3,6-16H,1,4-5,17H2,2H3/b25-16+. The molecular weight excluding hydrogens is 578 g/mol. The second kappa shape index (κ2) is 12.1. The molecule has 3 aromatic rings. The Balaban J connectivity index is 1.65. The van der Waals surface area contributed by atoms with Gasteiger partial charge >= 0.3 is 0 Å². The van der Waals surface area contributed by atoms with Gasteiger partial charge < -0.3 is 9.47 Å². The molecular formula is C28H23BrClNO3S2. The normalized spacial score (nSPS) is 14.4. The van der Waals surface area contributed by atoms with Crippen LogP contribution in [0.2, 0.25) is 5.02 Å². The lowest BCUT2D eigenvalue weighted by Gasteiger charge is -2.17. The van der Waals surface area contributed by atoms with Crippen molar-refractivity contribution in [1.29, 1.82) is 0 Å². The van der Waals surface area contributed by atoms with Crippen molar-refractivity contribution in [3.63, 3.8) is 0 Å². The Morgan fingerprint density at radius 2 is 1.83 bits per heavy atom. The number of rotatable bonds is 9. The van der Waals surface area contributed by atoms with Crippen LogP contribution in [0.4, 0.5) is 5.69 Å². The number of anilines is 1. The number of carbonyl (C=O) groups is 1. The number of hydrogen-bond donors (Lipinski definition) is 0. The highest BCUT2D eigenvalue weighted by molar-refractivity contribution is 9.10. The minimum absolute atomic E-state index is 0.175. The van der Waals surface area contributed by atoms with Crippen LogP contribution >= 0.6 is 51.5 Å². The lowest BCUT2D eigenvalue weighted by atomic mass is 10.0. The summed E-state index contributed by atoms with van der Waals surface area (Å²) in [5.41, 5.74) is 3.47. The predicted molar refractivity (Wildman–Crippen MR) is 157 cm³/mol. The number of amides is 1. The van der Waals surface area contributed by atoms with Crippen molar-refractivity contribution in [2.24, 2.45) is 0 Å².